The van der Waals surface area contributed by atoms with Crippen molar-refractivity contribution < 1.29 is 13.2 Å². The highest BCUT2D eigenvalue weighted by molar-refractivity contribution is 5.84. The lowest BCUT2D eigenvalue weighted by Gasteiger charge is -2.06. The Labute approximate surface area is 97.3 Å². The lowest BCUT2D eigenvalue weighted by Crippen LogP contribution is -2.14. The number of rotatable bonds is 3. The number of amidine groups is 1. The summed E-state index contributed by atoms with van der Waals surface area (Å²) in [4.78, 5) is 4.16. The van der Waals surface area contributed by atoms with Crippen LogP contribution in [0.3, 0.4) is 0 Å². The summed E-state index contributed by atoms with van der Waals surface area (Å²) in [5.41, 5.74) is 5.80. The van der Waals surface area contributed by atoms with Crippen molar-refractivity contribution in [3.05, 3.63) is 35.4 Å². The van der Waals surface area contributed by atoms with Crippen molar-refractivity contribution in [2.24, 2.45) is 16.6 Å². The number of aliphatic imine (C=N–C) groups is 1. The van der Waals surface area contributed by atoms with Gasteiger partial charge in [-0.25, -0.2) is 0 Å². The summed E-state index contributed by atoms with van der Waals surface area (Å²) in [6, 6.07) is 5.01. The molecule has 0 radical (unpaired) electrons. The molecular weight excluding hydrogens is 229 g/mol. The molecule has 0 amide bonds. The van der Waals surface area contributed by atoms with Crippen molar-refractivity contribution in [2.75, 3.05) is 0 Å². The van der Waals surface area contributed by atoms with E-state index in [-0.39, 0.29) is 0 Å². The highest BCUT2D eigenvalue weighted by Gasteiger charge is 2.30. The second-order valence-corrected chi connectivity index (χ2v) is 4.21. The van der Waals surface area contributed by atoms with E-state index in [9.17, 15) is 13.2 Å². The molecule has 1 aromatic carbocycles. The fourth-order valence-corrected chi connectivity index (χ4v) is 1.49. The Kier molecular flexibility index (Phi) is 3.09. The predicted octanol–water partition coefficient (Wildman–Crippen LogP) is 2.97. The van der Waals surface area contributed by atoms with Gasteiger partial charge < -0.3 is 5.73 Å². The van der Waals surface area contributed by atoms with Gasteiger partial charge in [0, 0.05) is 5.92 Å². The zero-order valence-electron chi connectivity index (χ0n) is 9.17. The summed E-state index contributed by atoms with van der Waals surface area (Å²) in [7, 11) is 0. The molecule has 0 heterocycles. The molecule has 0 saturated heterocycles. The van der Waals surface area contributed by atoms with Crippen LogP contribution in [0.15, 0.2) is 29.3 Å². The van der Waals surface area contributed by atoms with Crippen LogP contribution in [0, 0.1) is 5.92 Å². The molecule has 92 valence electrons. The second-order valence-electron chi connectivity index (χ2n) is 4.21. The molecule has 1 fully saturated rings. The van der Waals surface area contributed by atoms with E-state index < -0.39 is 11.7 Å². The third-order valence-corrected chi connectivity index (χ3v) is 2.72. The second kappa shape index (κ2) is 4.39. The number of alkyl halides is 3. The molecule has 2 N–H and O–H groups in total. The van der Waals surface area contributed by atoms with Crippen molar-refractivity contribution in [1.82, 2.24) is 0 Å². The SMILES string of the molecule is NC(=NCc1ccc(C(F)(F)F)cc1)C1CC1. The number of nitrogens with zero attached hydrogens (tertiary/aromatic N) is 1. The quantitative estimate of drug-likeness (QED) is 0.642. The van der Waals surface area contributed by atoms with Crippen molar-refractivity contribution in [3.8, 4) is 0 Å². The number of nitrogens with two attached hydrogens (primary N) is 1. The van der Waals surface area contributed by atoms with E-state index in [1.807, 2.05) is 0 Å². The zero-order chi connectivity index (χ0) is 12.5. The summed E-state index contributed by atoms with van der Waals surface area (Å²) in [5.74, 6) is 1.01. The standard InChI is InChI=1S/C12H13F3N2/c13-12(14,15)10-5-1-8(2-6-10)7-17-11(16)9-3-4-9/h1-2,5-6,9H,3-4,7H2,(H2,16,17). The Morgan fingerprint density at radius 2 is 1.82 bits per heavy atom. The molecule has 2 nitrogen and oxygen atoms in total. The van der Waals surface area contributed by atoms with Gasteiger partial charge in [-0.15, -0.1) is 0 Å². The lowest BCUT2D eigenvalue weighted by molar-refractivity contribution is -0.137. The van der Waals surface area contributed by atoms with Crippen molar-refractivity contribution in [2.45, 2.75) is 25.6 Å². The van der Waals surface area contributed by atoms with Gasteiger partial charge in [0.1, 0.15) is 0 Å². The molecule has 0 aromatic heterocycles. The summed E-state index contributed by atoms with van der Waals surface area (Å²) >= 11 is 0. The first kappa shape index (κ1) is 12.0. The third kappa shape index (κ3) is 3.22. The van der Waals surface area contributed by atoms with Crippen LogP contribution in [-0.4, -0.2) is 5.84 Å². The Morgan fingerprint density at radius 1 is 1.24 bits per heavy atom. The normalized spacial score (nSPS) is 17.2. The van der Waals surface area contributed by atoms with Crippen LogP contribution < -0.4 is 5.73 Å². The van der Waals surface area contributed by atoms with Crippen molar-refractivity contribution in [1.29, 1.82) is 0 Å². The minimum absolute atomic E-state index is 0.348. The monoisotopic (exact) mass is 242 g/mol. The molecule has 17 heavy (non-hydrogen) atoms. The van der Waals surface area contributed by atoms with Gasteiger partial charge in [0.2, 0.25) is 0 Å². The van der Waals surface area contributed by atoms with Gasteiger partial charge in [-0.3, -0.25) is 4.99 Å². The van der Waals surface area contributed by atoms with Crippen LogP contribution in [0.5, 0.6) is 0 Å². The summed E-state index contributed by atoms with van der Waals surface area (Å²) in [6.07, 6.45) is -2.14. The first-order valence-electron chi connectivity index (χ1n) is 5.43. The largest absolute Gasteiger partial charge is 0.416 e. The molecular formula is C12H13F3N2. The first-order valence-corrected chi connectivity index (χ1v) is 5.43. The number of halogens is 3. The summed E-state index contributed by atoms with van der Waals surface area (Å²) in [5, 5.41) is 0. The Balaban J connectivity index is 2.00. The first-order chi connectivity index (χ1) is 7.97. The van der Waals surface area contributed by atoms with E-state index in [4.69, 9.17) is 5.73 Å². The zero-order valence-corrected chi connectivity index (χ0v) is 9.17. The number of hydrogen-bond donors (Lipinski definition) is 1. The van der Waals surface area contributed by atoms with Crippen LogP contribution in [0.4, 0.5) is 13.2 Å². The predicted molar refractivity (Wildman–Crippen MR) is 59.5 cm³/mol. The van der Waals surface area contributed by atoms with Crippen LogP contribution in [-0.2, 0) is 12.7 Å². The highest BCUT2D eigenvalue weighted by atomic mass is 19.4. The number of hydrogen-bond acceptors (Lipinski definition) is 1. The van der Waals surface area contributed by atoms with E-state index in [1.165, 1.54) is 12.1 Å². The van der Waals surface area contributed by atoms with Gasteiger partial charge >= 0.3 is 6.18 Å². The van der Waals surface area contributed by atoms with E-state index >= 15 is 0 Å². The van der Waals surface area contributed by atoms with Gasteiger partial charge in [-0.2, -0.15) is 13.2 Å². The molecule has 1 aromatic rings. The highest BCUT2D eigenvalue weighted by Crippen LogP contribution is 2.30. The van der Waals surface area contributed by atoms with Crippen LogP contribution >= 0.6 is 0 Å². The van der Waals surface area contributed by atoms with Crippen LogP contribution in [0.1, 0.15) is 24.0 Å². The molecule has 0 bridgehead atoms. The maximum absolute atomic E-state index is 12.3. The third-order valence-electron chi connectivity index (χ3n) is 2.72. The topological polar surface area (TPSA) is 38.4 Å². The molecule has 0 aliphatic heterocycles. The Morgan fingerprint density at radius 3 is 2.29 bits per heavy atom. The molecule has 2 rings (SSSR count). The van der Waals surface area contributed by atoms with E-state index in [0.717, 1.165) is 30.5 Å². The molecule has 0 unspecified atom stereocenters. The van der Waals surface area contributed by atoms with Gasteiger partial charge in [-0.1, -0.05) is 12.1 Å². The van der Waals surface area contributed by atoms with Gasteiger partial charge in [0.15, 0.2) is 0 Å². The van der Waals surface area contributed by atoms with Gasteiger partial charge in [0.25, 0.3) is 0 Å². The van der Waals surface area contributed by atoms with Gasteiger partial charge in [-0.05, 0) is 30.5 Å². The van der Waals surface area contributed by atoms with Crippen molar-refractivity contribution >= 4 is 5.84 Å². The van der Waals surface area contributed by atoms with Gasteiger partial charge in [0.05, 0.1) is 17.9 Å². The average Bonchev–Trinajstić information content (AvgIpc) is 3.09. The molecule has 1 saturated carbocycles. The Bertz CT molecular complexity index is 416. The van der Waals surface area contributed by atoms with Crippen LogP contribution in [0.2, 0.25) is 0 Å². The van der Waals surface area contributed by atoms with E-state index in [2.05, 4.69) is 4.99 Å². The molecule has 1 aliphatic rings. The molecule has 5 heteroatoms. The van der Waals surface area contributed by atoms with E-state index in [1.54, 1.807) is 0 Å². The van der Waals surface area contributed by atoms with Crippen molar-refractivity contribution in [3.63, 3.8) is 0 Å². The maximum Gasteiger partial charge on any atom is 0.416 e. The lowest BCUT2D eigenvalue weighted by atomic mass is 10.1. The van der Waals surface area contributed by atoms with Crippen LogP contribution in [0.25, 0.3) is 0 Å². The minimum atomic E-state index is -4.28. The van der Waals surface area contributed by atoms with E-state index in [0.29, 0.717) is 18.3 Å². The smallest absolute Gasteiger partial charge is 0.387 e. The molecule has 1 aliphatic carbocycles. The molecule has 0 atom stereocenters. The average molecular weight is 242 g/mol. The summed E-state index contributed by atoms with van der Waals surface area (Å²) < 4.78 is 36.9. The Hall–Kier alpha value is -1.52. The summed E-state index contributed by atoms with van der Waals surface area (Å²) in [6.45, 7) is 0.348. The number of benzene rings is 1. The fourth-order valence-electron chi connectivity index (χ4n) is 1.49. The maximum atomic E-state index is 12.3. The molecule has 0 spiro atoms. The fraction of sp³-hybridized carbons (Fsp3) is 0.417. The minimum Gasteiger partial charge on any atom is -0.387 e.